The molecule has 0 aliphatic carbocycles. The van der Waals surface area contributed by atoms with Crippen LogP contribution in [0.1, 0.15) is 126 Å². The van der Waals surface area contributed by atoms with Gasteiger partial charge in [-0.05, 0) is 61.9 Å². The van der Waals surface area contributed by atoms with Crippen LogP contribution >= 0.6 is 0 Å². The maximum absolute atomic E-state index is 14.8. The van der Waals surface area contributed by atoms with Crippen LogP contribution in [0, 0.1) is 10.8 Å². The molecule has 1 aromatic rings. The van der Waals surface area contributed by atoms with Gasteiger partial charge < -0.3 is 56.5 Å². The molecule has 1 aromatic carbocycles. The van der Waals surface area contributed by atoms with Gasteiger partial charge in [0.15, 0.2) is 20.2 Å². The Hall–Kier alpha value is -3.78. The van der Waals surface area contributed by atoms with Gasteiger partial charge in [-0.25, -0.2) is 4.79 Å². The second-order valence-corrected chi connectivity index (χ2v) is 25.8. The third kappa shape index (κ3) is 14.3. The largest absolute Gasteiger partial charge is 0.466 e. The molecule has 1 unspecified atom stereocenters. The molecule has 17 heteroatoms. The molecule has 4 heterocycles. The molecule has 11 atom stereocenters. The van der Waals surface area contributed by atoms with E-state index in [1.807, 2.05) is 70.2 Å². The Morgan fingerprint density at radius 1 is 0.847 bits per heavy atom. The molecule has 0 amide bonds. The molecule has 72 heavy (non-hydrogen) atoms. The van der Waals surface area contributed by atoms with Crippen LogP contribution in [0.25, 0.3) is 0 Å². The minimum Gasteiger partial charge on any atom is -0.466 e. The summed E-state index contributed by atoms with van der Waals surface area (Å²) >= 11 is 0. The zero-order valence-electron chi connectivity index (χ0n) is 45.2. The predicted octanol–water partition coefficient (Wildman–Crippen LogP) is 9.38. The number of hydrogen-bond acceptors (Lipinski definition) is 16. The quantitative estimate of drug-likeness (QED) is 0.0290. The van der Waals surface area contributed by atoms with Gasteiger partial charge in [0.25, 0.3) is 0 Å². The van der Waals surface area contributed by atoms with Crippen molar-refractivity contribution in [3.8, 4) is 0 Å². The fourth-order valence-corrected chi connectivity index (χ4v) is 13.9. The maximum atomic E-state index is 14.8. The van der Waals surface area contributed by atoms with Gasteiger partial charge in [0.2, 0.25) is 5.79 Å². The van der Waals surface area contributed by atoms with E-state index >= 15 is 0 Å². The highest BCUT2D eigenvalue weighted by atomic mass is 28.4. The number of methoxy groups -OCH3 is 3. The van der Waals surface area contributed by atoms with Crippen molar-refractivity contribution in [2.45, 2.75) is 212 Å². The Labute approximate surface area is 429 Å². The molecule has 404 valence electrons. The lowest BCUT2D eigenvalue weighted by Gasteiger charge is -2.55. The molecule has 0 saturated carbocycles. The van der Waals surface area contributed by atoms with Gasteiger partial charge in [0.1, 0.15) is 19.0 Å². The van der Waals surface area contributed by atoms with Crippen LogP contribution in [-0.2, 0) is 82.3 Å². The van der Waals surface area contributed by atoms with E-state index < -0.39 is 110 Å². The number of rotatable bonds is 16. The highest BCUT2D eigenvalue weighted by Crippen LogP contribution is 2.52. The number of ether oxygens (including phenoxy) is 11. The molecule has 0 radical (unpaired) electrons. The van der Waals surface area contributed by atoms with Crippen molar-refractivity contribution in [3.05, 3.63) is 71.8 Å². The third-order valence-corrected chi connectivity index (χ3v) is 20.1. The van der Waals surface area contributed by atoms with Crippen molar-refractivity contribution < 1.29 is 75.7 Å². The molecule has 0 aromatic heterocycles. The summed E-state index contributed by atoms with van der Waals surface area (Å²) in [7, 11) is 1.94. The summed E-state index contributed by atoms with van der Waals surface area (Å²) in [6, 6.07) is 12.2. The Bertz CT molecular complexity index is 2040. The smallest absolute Gasteiger partial charge is 0.330 e. The van der Waals surface area contributed by atoms with Crippen LogP contribution in [0.5, 0.6) is 0 Å². The first-order valence-electron chi connectivity index (χ1n) is 25.7. The Morgan fingerprint density at radius 3 is 2.14 bits per heavy atom. The number of benzene rings is 1. The normalized spacial score (nSPS) is 32.7. The van der Waals surface area contributed by atoms with Gasteiger partial charge >= 0.3 is 23.9 Å². The summed E-state index contributed by atoms with van der Waals surface area (Å²) in [6.45, 7) is 23.2. The molecule has 0 N–H and O–H groups in total. The maximum Gasteiger partial charge on any atom is 0.330 e. The SMILES string of the molecule is C=C1C[C@H]2CC3(OC)O[C@H](C[C@@H](O[Si](CC)(CC)CC)CC(=O)O[C@@H]([C@@H](C)OCOCc4ccccc4)C[C@@H]4C/C(=C\C(=O)OC)[C@H](OC(C)=O)[C@@](OC)(O4)C(C)(C)/C=C/[C@@H](C1)O2)C[C@H](OC(C)=O)C3(C)C. The van der Waals surface area contributed by atoms with Crippen molar-refractivity contribution in [3.63, 3.8) is 0 Å². The van der Waals surface area contributed by atoms with Crippen LogP contribution in [-0.4, -0.2) is 127 Å². The predicted molar refractivity (Wildman–Crippen MR) is 270 cm³/mol. The fraction of sp³-hybridized carbons (Fsp3) is 0.709. The van der Waals surface area contributed by atoms with E-state index in [4.69, 9.17) is 56.5 Å². The molecule has 3 fully saturated rings. The number of esters is 4. The average molecular weight is 1030 g/mol. The number of carbonyl (C=O) groups excluding carboxylic acids is 4. The van der Waals surface area contributed by atoms with Crippen molar-refractivity contribution in [2.75, 3.05) is 28.1 Å². The highest BCUT2D eigenvalue weighted by Gasteiger charge is 2.61. The van der Waals surface area contributed by atoms with E-state index in [1.165, 1.54) is 34.1 Å². The van der Waals surface area contributed by atoms with Crippen LogP contribution in [0.15, 0.2) is 66.3 Å². The zero-order valence-corrected chi connectivity index (χ0v) is 46.2. The zero-order chi connectivity index (χ0) is 53.1. The van der Waals surface area contributed by atoms with E-state index in [0.717, 1.165) is 29.3 Å². The lowest BCUT2D eigenvalue weighted by atomic mass is 9.70. The van der Waals surface area contributed by atoms with E-state index in [1.54, 1.807) is 14.0 Å². The summed E-state index contributed by atoms with van der Waals surface area (Å²) in [5.41, 5.74) is 0.285. The van der Waals surface area contributed by atoms with Crippen LogP contribution in [0.4, 0.5) is 0 Å². The van der Waals surface area contributed by atoms with Crippen molar-refractivity contribution >= 4 is 32.2 Å². The lowest BCUT2D eigenvalue weighted by molar-refractivity contribution is -0.358. The summed E-state index contributed by atoms with van der Waals surface area (Å²) in [5, 5.41) is 0. The standard InChI is InChI=1S/C55H84O16Si/c1-15-72(16-2,17-3)71-45-29-44-31-48(65-38(6)56)53(10,11)54(61-13,69-44)33-46-26-36(4)25-42(67-46)23-24-52(8,9)55(62-14)51(66-39(7)57)41(28-49(58)60-12)27-43(70-55)30-47(68-50(59)32-45)37(5)64-35-63-34-40-21-19-18-20-22-40/h18-24,28,37,42-48,51H,4,15-17,25-27,29-35H2,1-3,5-14H3/b24-23+,41-28+/t37-,42+,43+,44-,45-,46+,47-,48+,51+,54?,55-/m1/s1. The Balaban J connectivity index is 1.67. The second kappa shape index (κ2) is 25.6. The van der Waals surface area contributed by atoms with Crippen LogP contribution in [0.2, 0.25) is 18.1 Å². The second-order valence-electron chi connectivity index (χ2n) is 21.1. The molecular weight excluding hydrogens is 945 g/mol. The van der Waals surface area contributed by atoms with Crippen LogP contribution in [0.3, 0.4) is 0 Å². The molecule has 16 nitrogen and oxygen atoms in total. The van der Waals surface area contributed by atoms with E-state index in [-0.39, 0.29) is 38.9 Å². The molecule has 4 aliphatic heterocycles. The molecule has 6 bridgehead atoms. The van der Waals surface area contributed by atoms with Gasteiger partial charge in [-0.15, -0.1) is 0 Å². The van der Waals surface area contributed by atoms with Gasteiger partial charge in [-0.3, -0.25) is 14.4 Å². The molecule has 5 rings (SSSR count). The third-order valence-electron chi connectivity index (χ3n) is 15.4. The number of fused-ring (bicyclic) bond motifs is 6. The summed E-state index contributed by atoms with van der Waals surface area (Å²) in [5.74, 6) is -5.37. The minimum absolute atomic E-state index is 0.0549. The van der Waals surface area contributed by atoms with Gasteiger partial charge in [-0.2, -0.15) is 0 Å². The molecule has 4 aliphatic rings. The lowest BCUT2D eigenvalue weighted by Crippen LogP contribution is -2.63. The van der Waals surface area contributed by atoms with Gasteiger partial charge in [0.05, 0.1) is 62.2 Å². The van der Waals surface area contributed by atoms with E-state index in [0.29, 0.717) is 31.4 Å². The molecule has 0 spiro atoms. The number of cyclic esters (lactones) is 1. The van der Waals surface area contributed by atoms with Gasteiger partial charge in [0, 0.05) is 58.8 Å². The van der Waals surface area contributed by atoms with Crippen molar-refractivity contribution in [2.24, 2.45) is 10.8 Å². The van der Waals surface area contributed by atoms with Crippen molar-refractivity contribution in [1.29, 1.82) is 0 Å². The number of hydrogen-bond donors (Lipinski definition) is 0. The summed E-state index contributed by atoms with van der Waals surface area (Å²) in [6.07, 6.45) is 0.478. The first-order chi connectivity index (χ1) is 34.0. The first-order valence-corrected chi connectivity index (χ1v) is 28.3. The van der Waals surface area contributed by atoms with Crippen LogP contribution < -0.4 is 0 Å². The Kier molecular flexibility index (Phi) is 21.0. The number of carbonyl (C=O) groups is 4. The summed E-state index contributed by atoms with van der Waals surface area (Å²) < 4.78 is 77.4. The van der Waals surface area contributed by atoms with Crippen molar-refractivity contribution in [1.82, 2.24) is 0 Å². The van der Waals surface area contributed by atoms with E-state index in [2.05, 4.69) is 27.4 Å². The summed E-state index contributed by atoms with van der Waals surface area (Å²) in [4.78, 5) is 53.8. The average Bonchev–Trinajstić information content (AvgIpc) is 3.32. The van der Waals surface area contributed by atoms with E-state index in [9.17, 15) is 19.2 Å². The van der Waals surface area contributed by atoms with Gasteiger partial charge in [-0.1, -0.05) is 103 Å². The topological polar surface area (TPSA) is 179 Å². The fourth-order valence-electron chi connectivity index (χ4n) is 11.0. The highest BCUT2D eigenvalue weighted by molar-refractivity contribution is 6.73. The minimum atomic E-state index is -2.39. The monoisotopic (exact) mass is 1030 g/mol. The first kappa shape index (κ1) is 59.1. The Morgan fingerprint density at radius 2 is 1.53 bits per heavy atom. The molecule has 3 saturated heterocycles. The molecular formula is C55H84O16Si.